The van der Waals surface area contributed by atoms with E-state index in [1.54, 1.807) is 42.5 Å². The van der Waals surface area contributed by atoms with E-state index in [-0.39, 0.29) is 22.9 Å². The van der Waals surface area contributed by atoms with Crippen LogP contribution >= 0.6 is 11.6 Å². The largest absolute Gasteiger partial charge is 0.375 e. The Morgan fingerprint density at radius 3 is 2.47 bits per heavy atom. The average molecular weight is 452 g/mol. The van der Waals surface area contributed by atoms with Gasteiger partial charge in [0, 0.05) is 21.7 Å². The Balaban J connectivity index is 1.65. The van der Waals surface area contributed by atoms with Gasteiger partial charge in [0.15, 0.2) is 11.4 Å². The molecule has 0 spiro atoms. The molecule has 3 aromatic rings. The van der Waals surface area contributed by atoms with Gasteiger partial charge in [-0.2, -0.15) is 0 Å². The highest BCUT2D eigenvalue weighted by molar-refractivity contribution is 6.31. The number of carbonyl (C=O) groups excluding carboxylic acids is 2. The predicted molar refractivity (Wildman–Crippen MR) is 122 cm³/mol. The summed E-state index contributed by atoms with van der Waals surface area (Å²) in [4.78, 5) is 27.7. The molecular formula is C26H23ClFNO3. The van der Waals surface area contributed by atoms with E-state index >= 15 is 0 Å². The number of Topliss-reactive ketones (excluding diaryl/α,β-unsaturated/α-hetero) is 1. The standard InChI is InChI=1S/C26H23ClFNO3/c1-2-6-17-11-13-18(14-12-17)24(30)15-26(32)20-7-3-4-10-23(20)29(25(26)31)16-19-21(27)8-5-9-22(19)28/h3-5,7-14,32H,2,6,15-16H2,1H3. The molecule has 1 unspecified atom stereocenters. The number of rotatable bonds is 7. The van der Waals surface area contributed by atoms with Crippen molar-refractivity contribution in [3.63, 3.8) is 0 Å². The third-order valence-corrected chi connectivity index (χ3v) is 6.20. The first kappa shape index (κ1) is 22.2. The zero-order valence-corrected chi connectivity index (χ0v) is 18.4. The zero-order valence-electron chi connectivity index (χ0n) is 17.6. The molecule has 3 aromatic carbocycles. The Hall–Kier alpha value is -3.02. The number of aryl methyl sites for hydroxylation is 1. The lowest BCUT2D eigenvalue weighted by Gasteiger charge is -2.23. The van der Waals surface area contributed by atoms with Crippen molar-refractivity contribution in [2.75, 3.05) is 4.90 Å². The van der Waals surface area contributed by atoms with Gasteiger partial charge in [-0.05, 0) is 30.2 Å². The highest BCUT2D eigenvalue weighted by Gasteiger charge is 2.51. The summed E-state index contributed by atoms with van der Waals surface area (Å²) in [6.07, 6.45) is 1.51. The number of carbonyl (C=O) groups is 2. The summed E-state index contributed by atoms with van der Waals surface area (Å²) < 4.78 is 14.4. The van der Waals surface area contributed by atoms with Gasteiger partial charge in [0.05, 0.1) is 18.7 Å². The molecule has 4 nitrogen and oxygen atoms in total. The lowest BCUT2D eigenvalue weighted by Crippen LogP contribution is -2.41. The van der Waals surface area contributed by atoms with Gasteiger partial charge >= 0.3 is 0 Å². The number of aliphatic hydroxyl groups is 1. The molecule has 0 aromatic heterocycles. The molecule has 1 N–H and O–H groups in total. The summed E-state index contributed by atoms with van der Waals surface area (Å²) in [6, 6.07) is 18.2. The number of ketones is 1. The number of anilines is 1. The molecular weight excluding hydrogens is 429 g/mol. The van der Waals surface area contributed by atoms with Crippen molar-refractivity contribution in [2.45, 2.75) is 38.3 Å². The van der Waals surface area contributed by atoms with Crippen LogP contribution in [0.25, 0.3) is 0 Å². The lowest BCUT2D eigenvalue weighted by molar-refractivity contribution is -0.136. The second-order valence-electron chi connectivity index (χ2n) is 8.02. The van der Waals surface area contributed by atoms with Crippen molar-refractivity contribution in [3.05, 3.63) is 99.8 Å². The molecule has 1 aliphatic rings. The lowest BCUT2D eigenvalue weighted by atomic mass is 9.88. The van der Waals surface area contributed by atoms with Crippen LogP contribution in [0.5, 0.6) is 0 Å². The topological polar surface area (TPSA) is 57.6 Å². The molecule has 1 atom stereocenters. The first-order valence-corrected chi connectivity index (χ1v) is 10.9. The van der Waals surface area contributed by atoms with Gasteiger partial charge in [0.2, 0.25) is 0 Å². The van der Waals surface area contributed by atoms with Crippen LogP contribution in [-0.2, 0) is 23.4 Å². The normalized spacial score (nSPS) is 17.5. The second kappa shape index (κ2) is 8.85. The van der Waals surface area contributed by atoms with Crippen molar-refractivity contribution in [1.29, 1.82) is 0 Å². The monoisotopic (exact) mass is 451 g/mol. The minimum Gasteiger partial charge on any atom is -0.375 e. The number of hydrogen-bond acceptors (Lipinski definition) is 3. The van der Waals surface area contributed by atoms with E-state index in [9.17, 15) is 19.1 Å². The molecule has 0 aliphatic carbocycles. The van der Waals surface area contributed by atoms with Crippen molar-refractivity contribution < 1.29 is 19.1 Å². The third kappa shape index (κ3) is 3.94. The van der Waals surface area contributed by atoms with E-state index in [4.69, 9.17) is 11.6 Å². The van der Waals surface area contributed by atoms with Crippen molar-refractivity contribution in [3.8, 4) is 0 Å². The summed E-state index contributed by atoms with van der Waals surface area (Å²) in [7, 11) is 0. The maximum Gasteiger partial charge on any atom is 0.264 e. The van der Waals surface area contributed by atoms with Crippen LogP contribution < -0.4 is 4.90 Å². The summed E-state index contributed by atoms with van der Waals surface area (Å²) in [5.41, 5.74) is 0.434. The summed E-state index contributed by atoms with van der Waals surface area (Å²) in [5.74, 6) is -1.56. The number of hydrogen-bond donors (Lipinski definition) is 1. The van der Waals surface area contributed by atoms with Gasteiger partial charge in [-0.15, -0.1) is 0 Å². The number of amides is 1. The minimum atomic E-state index is -2.03. The molecule has 0 saturated heterocycles. The highest BCUT2D eigenvalue weighted by atomic mass is 35.5. The molecule has 0 radical (unpaired) electrons. The Bertz CT molecular complexity index is 1160. The Morgan fingerprint density at radius 2 is 1.78 bits per heavy atom. The molecule has 1 heterocycles. The van der Waals surface area contributed by atoms with Gasteiger partial charge in [0.25, 0.3) is 5.91 Å². The Labute approximate surface area is 191 Å². The van der Waals surface area contributed by atoms with Crippen LogP contribution in [0.1, 0.15) is 46.8 Å². The van der Waals surface area contributed by atoms with Crippen molar-refractivity contribution in [1.82, 2.24) is 0 Å². The summed E-state index contributed by atoms with van der Waals surface area (Å²) >= 11 is 6.16. The summed E-state index contributed by atoms with van der Waals surface area (Å²) in [5, 5.41) is 11.6. The molecule has 6 heteroatoms. The van der Waals surface area contributed by atoms with Gasteiger partial charge in [-0.3, -0.25) is 9.59 Å². The average Bonchev–Trinajstić information content (AvgIpc) is 2.98. The molecule has 0 fully saturated rings. The molecule has 164 valence electrons. The number of halogens is 2. The maximum atomic E-state index is 14.4. The van der Waals surface area contributed by atoms with Crippen molar-refractivity contribution >= 4 is 29.0 Å². The summed E-state index contributed by atoms with van der Waals surface area (Å²) in [6.45, 7) is 1.93. The van der Waals surface area contributed by atoms with Gasteiger partial charge in [-0.1, -0.05) is 73.5 Å². The zero-order chi connectivity index (χ0) is 22.9. The van der Waals surface area contributed by atoms with Gasteiger partial charge < -0.3 is 10.0 Å². The van der Waals surface area contributed by atoms with E-state index in [1.165, 1.54) is 17.0 Å². The van der Waals surface area contributed by atoms with Crippen LogP contribution in [0, 0.1) is 5.82 Å². The van der Waals surface area contributed by atoms with Crippen LogP contribution in [0.2, 0.25) is 5.02 Å². The van der Waals surface area contributed by atoms with Crippen LogP contribution in [0.4, 0.5) is 10.1 Å². The van der Waals surface area contributed by atoms with E-state index in [2.05, 4.69) is 6.92 Å². The number of fused-ring (bicyclic) bond motifs is 1. The third-order valence-electron chi connectivity index (χ3n) is 5.85. The molecule has 0 saturated carbocycles. The maximum absolute atomic E-state index is 14.4. The fourth-order valence-corrected chi connectivity index (χ4v) is 4.38. The molecule has 1 amide bonds. The second-order valence-corrected chi connectivity index (χ2v) is 8.42. The molecule has 4 rings (SSSR count). The van der Waals surface area contributed by atoms with Crippen LogP contribution in [-0.4, -0.2) is 16.8 Å². The smallest absolute Gasteiger partial charge is 0.264 e. The first-order chi connectivity index (χ1) is 15.3. The van der Waals surface area contributed by atoms with E-state index < -0.39 is 23.7 Å². The van der Waals surface area contributed by atoms with E-state index in [0.717, 1.165) is 18.4 Å². The minimum absolute atomic E-state index is 0.149. The first-order valence-electron chi connectivity index (χ1n) is 10.5. The Kier molecular flexibility index (Phi) is 6.13. The number of benzene rings is 3. The highest BCUT2D eigenvalue weighted by Crippen LogP contribution is 2.44. The Morgan fingerprint density at radius 1 is 1.06 bits per heavy atom. The van der Waals surface area contributed by atoms with E-state index in [1.807, 2.05) is 12.1 Å². The fraction of sp³-hybridized carbons (Fsp3) is 0.231. The van der Waals surface area contributed by atoms with Crippen LogP contribution in [0.3, 0.4) is 0 Å². The van der Waals surface area contributed by atoms with Gasteiger partial charge in [0.1, 0.15) is 5.82 Å². The van der Waals surface area contributed by atoms with Gasteiger partial charge in [-0.25, -0.2) is 4.39 Å². The predicted octanol–water partition coefficient (Wildman–Crippen LogP) is 5.44. The SMILES string of the molecule is CCCc1ccc(C(=O)CC2(O)C(=O)N(Cc3c(F)cccc3Cl)c3ccccc32)cc1. The molecule has 0 bridgehead atoms. The number of para-hydroxylation sites is 1. The molecule has 32 heavy (non-hydrogen) atoms. The van der Waals surface area contributed by atoms with Crippen molar-refractivity contribution in [2.24, 2.45) is 0 Å². The fourth-order valence-electron chi connectivity index (χ4n) is 4.16. The van der Waals surface area contributed by atoms with E-state index in [0.29, 0.717) is 16.8 Å². The number of nitrogens with zero attached hydrogens (tertiary/aromatic N) is 1. The quantitative estimate of drug-likeness (QED) is 0.487. The molecule has 1 aliphatic heterocycles. The van der Waals surface area contributed by atoms with Crippen LogP contribution in [0.15, 0.2) is 66.7 Å².